The van der Waals surface area contributed by atoms with Crippen LogP contribution in [0.25, 0.3) is 11.1 Å². The molecule has 0 radical (unpaired) electrons. The quantitative estimate of drug-likeness (QED) is 0.765. The standard InChI is InChI=1S/C19H15N3O3/c20-19(24)22-18(23)15-9-2-1-7-13(15)14-8-3-4-10-16(14)25-17-11-5-6-12-21-17/h1-12H,(H3,20,22,23,24). The number of carbonyl (C=O) groups is 2. The number of hydrogen-bond donors (Lipinski definition) is 2. The number of benzene rings is 2. The monoisotopic (exact) mass is 333 g/mol. The van der Waals surface area contributed by atoms with E-state index in [0.29, 0.717) is 28.3 Å². The van der Waals surface area contributed by atoms with E-state index < -0.39 is 11.9 Å². The smallest absolute Gasteiger partial charge is 0.319 e. The van der Waals surface area contributed by atoms with Gasteiger partial charge in [-0.1, -0.05) is 42.5 Å². The molecule has 0 aliphatic heterocycles. The molecular formula is C19H15N3O3. The van der Waals surface area contributed by atoms with Crippen LogP contribution in [0.4, 0.5) is 4.79 Å². The highest BCUT2D eigenvalue weighted by Crippen LogP contribution is 2.34. The van der Waals surface area contributed by atoms with Crippen molar-refractivity contribution in [3.05, 3.63) is 78.5 Å². The lowest BCUT2D eigenvalue weighted by Crippen LogP contribution is -2.35. The first-order chi connectivity index (χ1) is 12.1. The third-order valence-electron chi connectivity index (χ3n) is 3.44. The molecule has 25 heavy (non-hydrogen) atoms. The van der Waals surface area contributed by atoms with E-state index in [4.69, 9.17) is 10.5 Å². The fraction of sp³-hybridized carbons (Fsp3) is 0. The van der Waals surface area contributed by atoms with Crippen LogP contribution in [-0.4, -0.2) is 16.9 Å². The molecule has 6 nitrogen and oxygen atoms in total. The Balaban J connectivity index is 2.03. The summed E-state index contributed by atoms with van der Waals surface area (Å²) in [6.07, 6.45) is 1.63. The van der Waals surface area contributed by atoms with E-state index in [1.807, 2.05) is 24.3 Å². The fourth-order valence-electron chi connectivity index (χ4n) is 2.39. The Kier molecular flexibility index (Phi) is 4.71. The van der Waals surface area contributed by atoms with Crippen LogP contribution in [0, 0.1) is 0 Å². The van der Waals surface area contributed by atoms with Gasteiger partial charge in [0.15, 0.2) is 0 Å². The number of rotatable bonds is 4. The zero-order valence-electron chi connectivity index (χ0n) is 13.2. The number of ether oxygens (including phenoxy) is 1. The Morgan fingerprint density at radius 3 is 2.28 bits per heavy atom. The fourth-order valence-corrected chi connectivity index (χ4v) is 2.39. The summed E-state index contributed by atoms with van der Waals surface area (Å²) in [6, 6.07) is 18.6. The molecule has 124 valence electrons. The molecule has 2 aromatic carbocycles. The minimum Gasteiger partial charge on any atom is -0.438 e. The molecule has 0 fully saturated rings. The number of carbonyl (C=O) groups excluding carboxylic acids is 2. The lowest BCUT2D eigenvalue weighted by molar-refractivity contribution is 0.0967. The van der Waals surface area contributed by atoms with Crippen molar-refractivity contribution >= 4 is 11.9 Å². The van der Waals surface area contributed by atoms with Gasteiger partial charge < -0.3 is 10.5 Å². The normalized spacial score (nSPS) is 10.1. The Bertz CT molecular complexity index is 911. The number of hydrogen-bond acceptors (Lipinski definition) is 4. The number of aromatic nitrogens is 1. The molecule has 1 heterocycles. The number of nitrogens with one attached hydrogen (secondary N) is 1. The second kappa shape index (κ2) is 7.27. The summed E-state index contributed by atoms with van der Waals surface area (Å²) in [4.78, 5) is 27.4. The minimum atomic E-state index is -0.905. The zero-order valence-corrected chi connectivity index (χ0v) is 13.2. The maximum atomic E-state index is 12.3. The van der Waals surface area contributed by atoms with Gasteiger partial charge in [-0.2, -0.15) is 0 Å². The van der Waals surface area contributed by atoms with Crippen LogP contribution >= 0.6 is 0 Å². The molecule has 3 N–H and O–H groups in total. The van der Waals surface area contributed by atoms with Crippen molar-refractivity contribution in [2.24, 2.45) is 5.73 Å². The Morgan fingerprint density at radius 2 is 1.56 bits per heavy atom. The van der Waals surface area contributed by atoms with E-state index in [-0.39, 0.29) is 0 Å². The van der Waals surface area contributed by atoms with Gasteiger partial charge in [0.1, 0.15) is 5.75 Å². The van der Waals surface area contributed by atoms with Gasteiger partial charge in [0.05, 0.1) is 0 Å². The van der Waals surface area contributed by atoms with Gasteiger partial charge in [0, 0.05) is 23.4 Å². The molecule has 6 heteroatoms. The van der Waals surface area contributed by atoms with Gasteiger partial charge in [0.25, 0.3) is 5.91 Å². The van der Waals surface area contributed by atoms with Crippen molar-refractivity contribution in [2.75, 3.05) is 0 Å². The number of nitrogens with two attached hydrogens (primary N) is 1. The molecule has 3 aromatic rings. The lowest BCUT2D eigenvalue weighted by atomic mass is 9.98. The highest BCUT2D eigenvalue weighted by Gasteiger charge is 2.16. The van der Waals surface area contributed by atoms with E-state index in [0.717, 1.165) is 0 Å². The van der Waals surface area contributed by atoms with Gasteiger partial charge >= 0.3 is 6.03 Å². The van der Waals surface area contributed by atoms with E-state index >= 15 is 0 Å². The van der Waals surface area contributed by atoms with Crippen LogP contribution in [0.3, 0.4) is 0 Å². The summed E-state index contributed by atoms with van der Waals surface area (Å²) in [7, 11) is 0. The maximum absolute atomic E-state index is 12.3. The minimum absolute atomic E-state index is 0.318. The number of amides is 3. The van der Waals surface area contributed by atoms with Crippen LogP contribution in [0.15, 0.2) is 72.9 Å². The number of para-hydroxylation sites is 1. The van der Waals surface area contributed by atoms with Gasteiger partial charge in [-0.05, 0) is 23.8 Å². The largest absolute Gasteiger partial charge is 0.438 e. The van der Waals surface area contributed by atoms with Crippen LogP contribution in [0.1, 0.15) is 10.4 Å². The van der Waals surface area contributed by atoms with E-state index in [1.165, 1.54) is 0 Å². The second-order valence-corrected chi connectivity index (χ2v) is 5.13. The molecule has 0 atom stereocenters. The Morgan fingerprint density at radius 1 is 0.880 bits per heavy atom. The number of imide groups is 1. The Labute approximate surface area is 144 Å². The summed E-state index contributed by atoms with van der Waals surface area (Å²) in [5.41, 5.74) is 6.68. The Hall–Kier alpha value is -3.67. The van der Waals surface area contributed by atoms with Crippen LogP contribution in [0.5, 0.6) is 11.6 Å². The third kappa shape index (κ3) is 3.81. The zero-order chi connectivity index (χ0) is 17.6. The maximum Gasteiger partial charge on any atom is 0.319 e. The number of urea groups is 1. The van der Waals surface area contributed by atoms with Crippen molar-refractivity contribution in [3.8, 4) is 22.8 Å². The first-order valence-corrected chi connectivity index (χ1v) is 7.53. The molecule has 0 aliphatic carbocycles. The molecule has 3 rings (SSSR count). The lowest BCUT2D eigenvalue weighted by Gasteiger charge is -2.13. The average molecular weight is 333 g/mol. The molecule has 1 aromatic heterocycles. The first-order valence-electron chi connectivity index (χ1n) is 7.53. The van der Waals surface area contributed by atoms with Gasteiger partial charge in [-0.3, -0.25) is 10.1 Å². The van der Waals surface area contributed by atoms with Crippen LogP contribution < -0.4 is 15.8 Å². The van der Waals surface area contributed by atoms with Crippen molar-refractivity contribution < 1.29 is 14.3 Å². The third-order valence-corrected chi connectivity index (χ3v) is 3.44. The number of nitrogens with zero attached hydrogens (tertiary/aromatic N) is 1. The molecule has 3 amide bonds. The van der Waals surface area contributed by atoms with Gasteiger partial charge in [-0.15, -0.1) is 0 Å². The van der Waals surface area contributed by atoms with Crippen molar-refractivity contribution in [1.29, 1.82) is 0 Å². The summed E-state index contributed by atoms with van der Waals surface area (Å²) in [6.45, 7) is 0. The highest BCUT2D eigenvalue weighted by molar-refractivity contribution is 6.08. The molecule has 0 spiro atoms. The number of primary amides is 1. The number of pyridine rings is 1. The van der Waals surface area contributed by atoms with Gasteiger partial charge in [-0.25, -0.2) is 9.78 Å². The second-order valence-electron chi connectivity index (χ2n) is 5.13. The van der Waals surface area contributed by atoms with Crippen LogP contribution in [-0.2, 0) is 0 Å². The summed E-state index contributed by atoms with van der Waals surface area (Å²) >= 11 is 0. The van der Waals surface area contributed by atoms with Crippen molar-refractivity contribution in [3.63, 3.8) is 0 Å². The van der Waals surface area contributed by atoms with E-state index in [1.54, 1.807) is 48.7 Å². The molecule has 0 unspecified atom stereocenters. The molecule has 0 saturated heterocycles. The molecular weight excluding hydrogens is 318 g/mol. The molecule has 0 bridgehead atoms. The van der Waals surface area contributed by atoms with Crippen LogP contribution in [0.2, 0.25) is 0 Å². The summed E-state index contributed by atoms with van der Waals surface area (Å²) < 4.78 is 5.85. The first kappa shape index (κ1) is 16.2. The van der Waals surface area contributed by atoms with Crippen molar-refractivity contribution in [1.82, 2.24) is 10.3 Å². The SMILES string of the molecule is NC(=O)NC(=O)c1ccccc1-c1ccccc1Oc1ccccn1. The molecule has 0 aliphatic rings. The van der Waals surface area contributed by atoms with Gasteiger partial charge in [0.2, 0.25) is 5.88 Å². The highest BCUT2D eigenvalue weighted by atomic mass is 16.5. The predicted molar refractivity (Wildman–Crippen MR) is 93.2 cm³/mol. The average Bonchev–Trinajstić information content (AvgIpc) is 2.62. The summed E-state index contributed by atoms with van der Waals surface area (Å²) in [5, 5.41) is 2.09. The summed E-state index contributed by atoms with van der Waals surface area (Å²) in [5.74, 6) is 0.408. The predicted octanol–water partition coefficient (Wildman–Crippen LogP) is 3.35. The van der Waals surface area contributed by atoms with Crippen molar-refractivity contribution in [2.45, 2.75) is 0 Å². The molecule has 0 saturated carbocycles. The van der Waals surface area contributed by atoms with E-state index in [9.17, 15) is 9.59 Å². The topological polar surface area (TPSA) is 94.3 Å². The van der Waals surface area contributed by atoms with E-state index in [2.05, 4.69) is 10.3 Å².